The second kappa shape index (κ2) is 5.43. The van der Waals surface area contributed by atoms with Gasteiger partial charge in [-0.25, -0.2) is 0 Å². The van der Waals surface area contributed by atoms with E-state index in [1.54, 1.807) is 24.5 Å². The molecule has 1 aliphatic rings. The number of nitrogens with two attached hydrogens (primary N) is 2. The van der Waals surface area contributed by atoms with Crippen molar-refractivity contribution in [3.8, 4) is 11.5 Å². The predicted molar refractivity (Wildman–Crippen MR) is 94.7 cm³/mol. The number of hydrogen-bond acceptors (Lipinski definition) is 6. The van der Waals surface area contributed by atoms with E-state index in [0.29, 0.717) is 5.69 Å². The van der Waals surface area contributed by atoms with E-state index in [0.717, 1.165) is 28.4 Å². The van der Waals surface area contributed by atoms with E-state index in [9.17, 15) is 0 Å². The summed E-state index contributed by atoms with van der Waals surface area (Å²) in [6.07, 6.45) is 3.38. The largest absolute Gasteiger partial charge is 0.457 e. The van der Waals surface area contributed by atoms with Gasteiger partial charge in [-0.15, -0.1) is 0 Å². The van der Waals surface area contributed by atoms with Gasteiger partial charge in [0.25, 0.3) is 0 Å². The molecule has 0 amide bonds. The van der Waals surface area contributed by atoms with E-state index in [-0.39, 0.29) is 0 Å². The van der Waals surface area contributed by atoms with Gasteiger partial charge in [0.2, 0.25) is 0 Å². The third kappa shape index (κ3) is 2.59. The number of benzene rings is 2. The summed E-state index contributed by atoms with van der Waals surface area (Å²) in [7, 11) is 0. The van der Waals surface area contributed by atoms with Gasteiger partial charge < -0.3 is 21.1 Å². The van der Waals surface area contributed by atoms with Gasteiger partial charge in [0.15, 0.2) is 5.79 Å². The summed E-state index contributed by atoms with van der Waals surface area (Å²) >= 11 is 0. The van der Waals surface area contributed by atoms with Crippen molar-refractivity contribution in [2.45, 2.75) is 5.79 Å². The van der Waals surface area contributed by atoms with Gasteiger partial charge in [-0.2, -0.15) is 0 Å². The zero-order chi connectivity index (χ0) is 16.6. The van der Waals surface area contributed by atoms with Crippen LogP contribution in [0, 0.1) is 0 Å². The molecular weight excluding hydrogens is 302 g/mol. The molecule has 0 radical (unpaired) electrons. The van der Waals surface area contributed by atoms with E-state index in [1.807, 2.05) is 42.5 Å². The normalized spacial score (nSPS) is 18.4. The Morgan fingerprint density at radius 1 is 0.833 bits per heavy atom. The number of aromatic nitrogens is 1. The maximum absolute atomic E-state index is 6.47. The van der Waals surface area contributed by atoms with Gasteiger partial charge in [0, 0.05) is 23.6 Å². The number of pyridine rings is 1. The molecule has 0 spiro atoms. The minimum atomic E-state index is -0.884. The molecular formula is C18H17N5O. The van der Waals surface area contributed by atoms with Crippen LogP contribution in [0.15, 0.2) is 67.0 Å². The monoisotopic (exact) mass is 319 g/mol. The predicted octanol–water partition coefficient (Wildman–Crippen LogP) is 3.06. The third-order valence-corrected chi connectivity index (χ3v) is 3.90. The number of fused-ring (bicyclic) bond motifs is 1. The van der Waals surface area contributed by atoms with E-state index in [2.05, 4.69) is 15.6 Å². The molecule has 2 aromatic carbocycles. The van der Waals surface area contributed by atoms with Crippen LogP contribution in [0.2, 0.25) is 0 Å². The van der Waals surface area contributed by atoms with E-state index < -0.39 is 5.79 Å². The molecule has 2 heterocycles. The summed E-state index contributed by atoms with van der Waals surface area (Å²) in [4.78, 5) is 3.97. The summed E-state index contributed by atoms with van der Waals surface area (Å²) in [5.74, 6) is 0.583. The number of nitrogens with zero attached hydrogens (tertiary/aromatic N) is 1. The van der Waals surface area contributed by atoms with Crippen molar-refractivity contribution in [2.24, 2.45) is 5.73 Å². The van der Waals surface area contributed by atoms with Crippen LogP contribution < -0.4 is 26.8 Å². The summed E-state index contributed by atoms with van der Waals surface area (Å²) in [5, 5.41) is 6.56. The van der Waals surface area contributed by atoms with Gasteiger partial charge in [-0.1, -0.05) is 0 Å². The number of hydrogen-bond donors (Lipinski definition) is 4. The van der Waals surface area contributed by atoms with Crippen LogP contribution in [0.4, 0.5) is 17.1 Å². The molecule has 4 rings (SSSR count). The highest BCUT2D eigenvalue weighted by atomic mass is 16.5. The highest BCUT2D eigenvalue weighted by Gasteiger charge is 2.34. The Hall–Kier alpha value is -3.25. The molecule has 1 aliphatic heterocycles. The van der Waals surface area contributed by atoms with Crippen molar-refractivity contribution in [3.63, 3.8) is 0 Å². The average molecular weight is 319 g/mol. The first-order valence-corrected chi connectivity index (χ1v) is 7.56. The summed E-state index contributed by atoms with van der Waals surface area (Å²) in [6, 6.07) is 16.8. The van der Waals surface area contributed by atoms with Crippen molar-refractivity contribution in [2.75, 3.05) is 16.4 Å². The molecule has 120 valence electrons. The van der Waals surface area contributed by atoms with E-state index in [1.165, 1.54) is 0 Å². The van der Waals surface area contributed by atoms with Gasteiger partial charge in [-0.3, -0.25) is 10.7 Å². The Kier molecular flexibility index (Phi) is 3.25. The molecule has 1 atom stereocenters. The zero-order valence-electron chi connectivity index (χ0n) is 12.9. The van der Waals surface area contributed by atoms with E-state index >= 15 is 0 Å². The second-order valence-electron chi connectivity index (χ2n) is 5.67. The summed E-state index contributed by atoms with van der Waals surface area (Å²) in [6.45, 7) is 0. The fraction of sp³-hybridized carbons (Fsp3) is 0.0556. The SMILES string of the molecule is Nc1ccc2c(c1)NC(N)(c1ccc(Oc3ccncc3)cc1)N2. The molecule has 1 unspecified atom stereocenters. The minimum Gasteiger partial charge on any atom is -0.457 e. The Morgan fingerprint density at radius 2 is 1.50 bits per heavy atom. The Bertz CT molecular complexity index is 866. The number of nitrogen functional groups attached to an aromatic ring is 1. The quantitative estimate of drug-likeness (QED) is 0.554. The molecule has 6 nitrogen and oxygen atoms in total. The molecule has 0 saturated carbocycles. The summed E-state index contributed by atoms with van der Waals surface area (Å²) in [5.41, 5.74) is 15.7. The third-order valence-electron chi connectivity index (χ3n) is 3.90. The lowest BCUT2D eigenvalue weighted by molar-refractivity contribution is 0.481. The molecule has 0 fully saturated rings. The fourth-order valence-electron chi connectivity index (χ4n) is 2.70. The van der Waals surface area contributed by atoms with Gasteiger partial charge in [0.1, 0.15) is 11.5 Å². The highest BCUT2D eigenvalue weighted by Crippen LogP contribution is 2.38. The molecule has 1 aromatic heterocycles. The molecule has 24 heavy (non-hydrogen) atoms. The maximum Gasteiger partial charge on any atom is 0.189 e. The second-order valence-corrected chi connectivity index (χ2v) is 5.67. The van der Waals surface area contributed by atoms with Gasteiger partial charge >= 0.3 is 0 Å². The Balaban J connectivity index is 1.55. The van der Waals surface area contributed by atoms with Crippen LogP contribution in [-0.2, 0) is 5.79 Å². The first-order valence-electron chi connectivity index (χ1n) is 7.56. The lowest BCUT2D eigenvalue weighted by atomic mass is 10.1. The Labute approximate surface area is 139 Å². The lowest BCUT2D eigenvalue weighted by Crippen LogP contribution is -2.47. The smallest absolute Gasteiger partial charge is 0.189 e. The molecule has 0 saturated heterocycles. The maximum atomic E-state index is 6.47. The average Bonchev–Trinajstić information content (AvgIpc) is 2.93. The van der Waals surface area contributed by atoms with Crippen molar-refractivity contribution < 1.29 is 4.74 Å². The van der Waals surface area contributed by atoms with Crippen LogP contribution in [0.3, 0.4) is 0 Å². The van der Waals surface area contributed by atoms with Crippen molar-refractivity contribution in [1.29, 1.82) is 0 Å². The number of ether oxygens (including phenoxy) is 1. The molecule has 6 N–H and O–H groups in total. The number of nitrogens with one attached hydrogen (secondary N) is 2. The molecule has 0 bridgehead atoms. The standard InChI is InChI=1S/C18H17N5O/c19-13-3-6-16-17(11-13)23-18(20,22-16)12-1-4-14(5-2-12)24-15-7-9-21-10-8-15/h1-11,22-23H,19-20H2. The molecule has 0 aliphatic carbocycles. The van der Waals surface area contributed by atoms with Crippen molar-refractivity contribution in [1.82, 2.24) is 4.98 Å². The minimum absolute atomic E-state index is 0.688. The van der Waals surface area contributed by atoms with Crippen LogP contribution in [0.5, 0.6) is 11.5 Å². The van der Waals surface area contributed by atoms with Crippen LogP contribution in [0.1, 0.15) is 5.56 Å². The Morgan fingerprint density at radius 3 is 2.25 bits per heavy atom. The number of rotatable bonds is 3. The van der Waals surface area contributed by atoms with Crippen LogP contribution >= 0.6 is 0 Å². The fourth-order valence-corrected chi connectivity index (χ4v) is 2.70. The van der Waals surface area contributed by atoms with Crippen molar-refractivity contribution in [3.05, 3.63) is 72.6 Å². The summed E-state index contributed by atoms with van der Waals surface area (Å²) < 4.78 is 5.77. The zero-order valence-corrected chi connectivity index (χ0v) is 12.9. The topological polar surface area (TPSA) is 98.2 Å². The first-order chi connectivity index (χ1) is 11.6. The lowest BCUT2D eigenvalue weighted by Gasteiger charge is -2.26. The highest BCUT2D eigenvalue weighted by molar-refractivity contribution is 5.79. The number of anilines is 3. The van der Waals surface area contributed by atoms with Crippen LogP contribution in [-0.4, -0.2) is 4.98 Å². The van der Waals surface area contributed by atoms with E-state index in [4.69, 9.17) is 16.2 Å². The van der Waals surface area contributed by atoms with Gasteiger partial charge in [0.05, 0.1) is 11.4 Å². The van der Waals surface area contributed by atoms with Gasteiger partial charge in [-0.05, 0) is 54.6 Å². The molecule has 3 aromatic rings. The van der Waals surface area contributed by atoms with Crippen molar-refractivity contribution >= 4 is 17.1 Å². The molecule has 6 heteroatoms. The van der Waals surface area contributed by atoms with Crippen LogP contribution in [0.25, 0.3) is 0 Å². The first kappa shape index (κ1) is 14.3.